The van der Waals surface area contributed by atoms with Gasteiger partial charge < -0.3 is 5.11 Å². The van der Waals surface area contributed by atoms with E-state index in [-0.39, 0.29) is 17.7 Å². The molecule has 0 radical (unpaired) electrons. The first kappa shape index (κ1) is 16.8. The van der Waals surface area contributed by atoms with Gasteiger partial charge in [-0.3, -0.25) is 5.01 Å². The molecular weight excluding hydrogens is 423 g/mol. The molecule has 1 aliphatic heterocycles. The number of carboxylic acids is 1. The molecule has 120 valence electrons. The van der Waals surface area contributed by atoms with Gasteiger partial charge in [-0.15, -0.1) is 11.3 Å². The fraction of sp³-hybridized carbons (Fsp3) is 0.200. The van der Waals surface area contributed by atoms with Crippen LogP contribution in [0.3, 0.4) is 0 Å². The Labute approximate surface area is 155 Å². The number of hydrazone groups is 1. The standard InChI is InChI=1S/C15H11BrCl2N2O2S/c1-7-13(15(21)22)19-20(10-3-2-8(17)6-9(10)18)14(7)11-4-5-12(16)23-11/h2-7,14H,1H3,(H,21,22)/t7-,14+/m0/s1. The Morgan fingerprint density at radius 2 is 2.09 bits per heavy atom. The van der Waals surface area contributed by atoms with Gasteiger partial charge in [-0.25, -0.2) is 4.79 Å². The van der Waals surface area contributed by atoms with Crippen molar-refractivity contribution in [1.82, 2.24) is 0 Å². The van der Waals surface area contributed by atoms with Crippen LogP contribution < -0.4 is 5.01 Å². The molecule has 0 bridgehead atoms. The summed E-state index contributed by atoms with van der Waals surface area (Å²) in [6.45, 7) is 1.86. The molecule has 4 nitrogen and oxygen atoms in total. The van der Waals surface area contributed by atoms with Gasteiger partial charge in [-0.05, 0) is 46.3 Å². The molecule has 1 aromatic carbocycles. The zero-order valence-electron chi connectivity index (χ0n) is 11.8. The van der Waals surface area contributed by atoms with E-state index >= 15 is 0 Å². The maximum absolute atomic E-state index is 11.5. The number of rotatable bonds is 3. The Hall–Kier alpha value is -1.08. The normalized spacial score (nSPS) is 20.7. The number of anilines is 1. The summed E-state index contributed by atoms with van der Waals surface area (Å²) in [5.74, 6) is -1.30. The maximum atomic E-state index is 11.5. The fourth-order valence-corrected chi connectivity index (χ4v) is 4.70. The minimum atomic E-state index is -1.02. The van der Waals surface area contributed by atoms with E-state index in [1.165, 1.54) is 0 Å². The molecule has 2 heterocycles. The largest absolute Gasteiger partial charge is 0.477 e. The fourth-order valence-electron chi connectivity index (χ4n) is 2.59. The van der Waals surface area contributed by atoms with Crippen LogP contribution in [0.15, 0.2) is 39.2 Å². The maximum Gasteiger partial charge on any atom is 0.352 e. The van der Waals surface area contributed by atoms with Gasteiger partial charge in [0, 0.05) is 15.8 Å². The van der Waals surface area contributed by atoms with Crippen molar-refractivity contribution < 1.29 is 9.90 Å². The third-order valence-corrected chi connectivity index (χ3v) is 5.88. The first-order valence-corrected chi connectivity index (χ1v) is 9.06. The third-order valence-electron chi connectivity index (χ3n) is 3.65. The third kappa shape index (κ3) is 3.13. The van der Waals surface area contributed by atoms with Crippen LogP contribution in [0.5, 0.6) is 0 Å². The predicted octanol–water partition coefficient (Wildman–Crippen LogP) is 5.46. The molecular formula is C15H11BrCl2N2O2S. The highest BCUT2D eigenvalue weighted by molar-refractivity contribution is 9.11. The van der Waals surface area contributed by atoms with Gasteiger partial charge in [0.25, 0.3) is 0 Å². The van der Waals surface area contributed by atoms with Crippen molar-refractivity contribution in [3.63, 3.8) is 0 Å². The summed E-state index contributed by atoms with van der Waals surface area (Å²) >= 11 is 17.2. The molecule has 0 saturated carbocycles. The van der Waals surface area contributed by atoms with Crippen LogP contribution in [0.1, 0.15) is 17.8 Å². The van der Waals surface area contributed by atoms with E-state index in [1.807, 2.05) is 19.1 Å². The van der Waals surface area contributed by atoms with Crippen molar-refractivity contribution in [3.8, 4) is 0 Å². The van der Waals surface area contributed by atoms with Crippen molar-refractivity contribution in [2.24, 2.45) is 11.0 Å². The van der Waals surface area contributed by atoms with Crippen molar-refractivity contribution in [3.05, 3.63) is 49.0 Å². The lowest BCUT2D eigenvalue weighted by molar-refractivity contribution is -0.129. The van der Waals surface area contributed by atoms with Crippen LogP contribution >= 0.6 is 50.5 Å². The second-order valence-electron chi connectivity index (χ2n) is 5.11. The minimum absolute atomic E-state index is 0.116. The van der Waals surface area contributed by atoms with Crippen LogP contribution in [-0.4, -0.2) is 16.8 Å². The molecule has 0 aliphatic carbocycles. The molecule has 1 N–H and O–H groups in total. The Kier molecular flexibility index (Phi) is 4.69. The second-order valence-corrected chi connectivity index (χ2v) is 8.44. The molecule has 0 unspecified atom stereocenters. The summed E-state index contributed by atoms with van der Waals surface area (Å²) in [6, 6.07) is 8.76. The number of thiophene rings is 1. The van der Waals surface area contributed by atoms with Crippen LogP contribution in [0, 0.1) is 5.92 Å². The van der Waals surface area contributed by atoms with Crippen LogP contribution in [0.4, 0.5) is 5.69 Å². The highest BCUT2D eigenvalue weighted by atomic mass is 79.9. The number of benzene rings is 1. The van der Waals surface area contributed by atoms with E-state index in [9.17, 15) is 9.90 Å². The van der Waals surface area contributed by atoms with Crippen molar-refractivity contribution in [2.45, 2.75) is 13.0 Å². The summed E-state index contributed by atoms with van der Waals surface area (Å²) in [6.07, 6.45) is 0. The first-order valence-electron chi connectivity index (χ1n) is 6.70. The topological polar surface area (TPSA) is 52.9 Å². The van der Waals surface area contributed by atoms with Crippen LogP contribution in [0.2, 0.25) is 10.0 Å². The number of carboxylic acid groups (broad SMARTS) is 1. The molecule has 2 aromatic rings. The molecule has 0 fully saturated rings. The van der Waals surface area contributed by atoms with Gasteiger partial charge >= 0.3 is 5.97 Å². The van der Waals surface area contributed by atoms with Crippen LogP contribution in [0.25, 0.3) is 0 Å². The van der Waals surface area contributed by atoms with E-state index in [0.29, 0.717) is 15.7 Å². The lowest BCUT2D eigenvalue weighted by atomic mass is 9.96. The zero-order valence-corrected chi connectivity index (χ0v) is 15.7. The Bertz CT molecular complexity index is 809. The Balaban J connectivity index is 2.11. The molecule has 1 aromatic heterocycles. The number of aliphatic carboxylic acids is 1. The molecule has 2 atom stereocenters. The zero-order chi connectivity index (χ0) is 16.7. The summed E-state index contributed by atoms with van der Waals surface area (Å²) in [4.78, 5) is 12.5. The molecule has 23 heavy (non-hydrogen) atoms. The number of hydrogen-bond acceptors (Lipinski definition) is 4. The Morgan fingerprint density at radius 1 is 1.35 bits per heavy atom. The number of nitrogens with zero attached hydrogens (tertiary/aromatic N) is 2. The number of carbonyl (C=O) groups is 1. The van der Waals surface area contributed by atoms with Crippen molar-refractivity contribution >= 4 is 67.8 Å². The van der Waals surface area contributed by atoms with Gasteiger partial charge in [0.1, 0.15) is 0 Å². The lowest BCUT2D eigenvalue weighted by Gasteiger charge is -2.26. The van der Waals surface area contributed by atoms with E-state index in [0.717, 1.165) is 8.66 Å². The molecule has 8 heteroatoms. The summed E-state index contributed by atoms with van der Waals surface area (Å²) in [7, 11) is 0. The van der Waals surface area contributed by atoms with E-state index in [4.69, 9.17) is 23.2 Å². The molecule has 1 aliphatic rings. The van der Waals surface area contributed by atoms with Gasteiger partial charge in [-0.2, -0.15) is 5.10 Å². The van der Waals surface area contributed by atoms with Crippen molar-refractivity contribution in [1.29, 1.82) is 0 Å². The van der Waals surface area contributed by atoms with E-state index < -0.39 is 5.97 Å². The molecule has 3 rings (SSSR count). The number of hydrogen-bond donors (Lipinski definition) is 1. The van der Waals surface area contributed by atoms with Gasteiger partial charge in [-0.1, -0.05) is 30.1 Å². The van der Waals surface area contributed by atoms with Gasteiger partial charge in [0.2, 0.25) is 0 Å². The summed E-state index contributed by atoms with van der Waals surface area (Å²) in [5, 5.41) is 16.3. The number of halogens is 3. The van der Waals surface area contributed by atoms with E-state index in [1.54, 1.807) is 34.5 Å². The monoisotopic (exact) mass is 432 g/mol. The SMILES string of the molecule is C[C@H]1C(C(=O)O)=NN(c2ccc(Cl)cc2Cl)[C@H]1c1ccc(Br)s1. The highest BCUT2D eigenvalue weighted by Crippen LogP contribution is 2.44. The smallest absolute Gasteiger partial charge is 0.352 e. The molecule has 0 amide bonds. The average molecular weight is 434 g/mol. The highest BCUT2D eigenvalue weighted by Gasteiger charge is 2.40. The van der Waals surface area contributed by atoms with Crippen molar-refractivity contribution in [2.75, 3.05) is 5.01 Å². The lowest BCUT2D eigenvalue weighted by Crippen LogP contribution is -2.25. The minimum Gasteiger partial charge on any atom is -0.477 e. The van der Waals surface area contributed by atoms with Crippen LogP contribution in [-0.2, 0) is 4.79 Å². The average Bonchev–Trinajstić information content (AvgIpc) is 3.02. The van der Waals surface area contributed by atoms with E-state index in [2.05, 4.69) is 21.0 Å². The quantitative estimate of drug-likeness (QED) is 0.699. The van der Waals surface area contributed by atoms with Gasteiger partial charge in [0.05, 0.1) is 20.5 Å². The second kappa shape index (κ2) is 6.43. The predicted molar refractivity (Wildman–Crippen MR) is 97.9 cm³/mol. The summed E-state index contributed by atoms with van der Waals surface area (Å²) < 4.78 is 0.977. The summed E-state index contributed by atoms with van der Waals surface area (Å²) in [5.41, 5.74) is 0.749. The Morgan fingerprint density at radius 3 is 2.65 bits per heavy atom. The van der Waals surface area contributed by atoms with Gasteiger partial charge in [0.15, 0.2) is 5.71 Å². The molecule has 0 saturated heterocycles. The first-order chi connectivity index (χ1) is 10.9. The molecule has 0 spiro atoms.